The molecule has 1 N–H and O–H groups in total. The summed E-state index contributed by atoms with van der Waals surface area (Å²) in [5, 5.41) is 11.5. The molecule has 0 fully saturated rings. The first-order chi connectivity index (χ1) is 11.1. The highest BCUT2D eigenvalue weighted by Crippen LogP contribution is 2.10. The van der Waals surface area contributed by atoms with Gasteiger partial charge in [-0.3, -0.25) is 4.79 Å². The molecule has 1 amide bonds. The fourth-order valence-corrected chi connectivity index (χ4v) is 2.05. The van der Waals surface area contributed by atoms with Gasteiger partial charge in [-0.05, 0) is 35.9 Å². The Labute approximate surface area is 142 Å². The lowest BCUT2D eigenvalue weighted by molar-refractivity contribution is -0.124. The topological polar surface area (TPSA) is 79.2 Å². The summed E-state index contributed by atoms with van der Waals surface area (Å²) >= 11 is 3.33. The third-order valence-corrected chi connectivity index (χ3v) is 3.49. The second-order valence-corrected chi connectivity index (χ2v) is 5.59. The zero-order valence-electron chi connectivity index (χ0n) is 12.1. The molecule has 0 spiro atoms. The van der Waals surface area contributed by atoms with Gasteiger partial charge < -0.3 is 10.1 Å². The Bertz CT molecular complexity index is 751. The molecule has 0 unspecified atom stereocenters. The number of amides is 1. The van der Waals surface area contributed by atoms with Crippen LogP contribution in [0.4, 0.5) is 0 Å². The Hall–Kier alpha value is -2.65. The minimum atomic E-state index is -0.638. The predicted octanol–water partition coefficient (Wildman–Crippen LogP) is 2.79. The standard InChI is InChI=1S/C17H13BrN2O3/c18-15-6-4-12(5-7-15)10-20-16(21)11-23-17(22)14-3-1-2-13(8-14)9-19/h1-8H,10-11H2,(H,20,21). The first-order valence-corrected chi connectivity index (χ1v) is 7.56. The monoisotopic (exact) mass is 372 g/mol. The van der Waals surface area contributed by atoms with Gasteiger partial charge in [-0.15, -0.1) is 0 Å². The van der Waals surface area contributed by atoms with Gasteiger partial charge in [0.1, 0.15) is 0 Å². The zero-order chi connectivity index (χ0) is 16.7. The van der Waals surface area contributed by atoms with E-state index >= 15 is 0 Å². The molecule has 0 bridgehead atoms. The van der Waals surface area contributed by atoms with Gasteiger partial charge in [0, 0.05) is 11.0 Å². The molecule has 23 heavy (non-hydrogen) atoms. The predicted molar refractivity (Wildman–Crippen MR) is 87.4 cm³/mol. The fourth-order valence-electron chi connectivity index (χ4n) is 1.78. The van der Waals surface area contributed by atoms with Crippen molar-refractivity contribution in [2.45, 2.75) is 6.54 Å². The molecule has 5 nitrogen and oxygen atoms in total. The third kappa shape index (κ3) is 5.24. The zero-order valence-corrected chi connectivity index (χ0v) is 13.7. The van der Waals surface area contributed by atoms with Gasteiger partial charge in [0.2, 0.25) is 0 Å². The highest BCUT2D eigenvalue weighted by Gasteiger charge is 2.10. The van der Waals surface area contributed by atoms with Crippen LogP contribution in [0, 0.1) is 11.3 Å². The Balaban J connectivity index is 1.80. The molecular weight excluding hydrogens is 360 g/mol. The summed E-state index contributed by atoms with van der Waals surface area (Å²) in [4.78, 5) is 23.5. The van der Waals surface area contributed by atoms with Crippen molar-refractivity contribution in [2.24, 2.45) is 0 Å². The molecule has 2 aromatic rings. The number of hydrogen-bond donors (Lipinski definition) is 1. The minimum Gasteiger partial charge on any atom is -0.452 e. The normalized spacial score (nSPS) is 9.74. The van der Waals surface area contributed by atoms with E-state index in [1.165, 1.54) is 12.1 Å². The lowest BCUT2D eigenvalue weighted by atomic mass is 10.1. The minimum absolute atomic E-state index is 0.241. The van der Waals surface area contributed by atoms with Crippen LogP contribution >= 0.6 is 15.9 Å². The molecule has 0 aliphatic rings. The van der Waals surface area contributed by atoms with Crippen molar-refractivity contribution in [1.29, 1.82) is 5.26 Å². The van der Waals surface area contributed by atoms with Crippen LogP contribution in [-0.4, -0.2) is 18.5 Å². The van der Waals surface area contributed by atoms with Crippen LogP contribution < -0.4 is 5.32 Å². The highest BCUT2D eigenvalue weighted by molar-refractivity contribution is 9.10. The summed E-state index contributed by atoms with van der Waals surface area (Å²) < 4.78 is 5.89. The molecule has 0 aliphatic carbocycles. The number of hydrogen-bond acceptors (Lipinski definition) is 4. The smallest absolute Gasteiger partial charge is 0.338 e. The molecule has 6 heteroatoms. The molecule has 0 saturated heterocycles. The number of nitriles is 1. The van der Waals surface area contributed by atoms with Gasteiger partial charge >= 0.3 is 5.97 Å². The van der Waals surface area contributed by atoms with Crippen LogP contribution in [0.3, 0.4) is 0 Å². The molecule has 2 rings (SSSR count). The van der Waals surface area contributed by atoms with E-state index in [0.29, 0.717) is 12.1 Å². The molecule has 2 aromatic carbocycles. The first-order valence-electron chi connectivity index (χ1n) is 6.77. The van der Waals surface area contributed by atoms with E-state index in [-0.39, 0.29) is 12.2 Å². The van der Waals surface area contributed by atoms with Crippen molar-refractivity contribution < 1.29 is 14.3 Å². The van der Waals surface area contributed by atoms with E-state index in [9.17, 15) is 9.59 Å². The Morgan fingerprint density at radius 1 is 1.17 bits per heavy atom. The van der Waals surface area contributed by atoms with Gasteiger partial charge in [-0.1, -0.05) is 34.1 Å². The summed E-state index contributed by atoms with van der Waals surface area (Å²) in [6.07, 6.45) is 0. The summed E-state index contributed by atoms with van der Waals surface area (Å²) in [5.41, 5.74) is 1.54. The van der Waals surface area contributed by atoms with E-state index in [4.69, 9.17) is 10.00 Å². The van der Waals surface area contributed by atoms with E-state index in [2.05, 4.69) is 21.2 Å². The van der Waals surface area contributed by atoms with Crippen molar-refractivity contribution in [3.05, 3.63) is 69.7 Å². The van der Waals surface area contributed by atoms with E-state index < -0.39 is 11.9 Å². The fraction of sp³-hybridized carbons (Fsp3) is 0.118. The van der Waals surface area contributed by atoms with E-state index in [1.54, 1.807) is 12.1 Å². The van der Waals surface area contributed by atoms with Crippen molar-refractivity contribution >= 4 is 27.8 Å². The second kappa shape index (κ2) is 8.11. The van der Waals surface area contributed by atoms with Crippen LogP contribution in [0.15, 0.2) is 53.0 Å². The maximum Gasteiger partial charge on any atom is 0.338 e. The molecule has 0 aliphatic heterocycles. The van der Waals surface area contributed by atoms with Crippen LogP contribution in [0.1, 0.15) is 21.5 Å². The number of benzene rings is 2. The number of halogens is 1. The first kappa shape index (κ1) is 16.7. The quantitative estimate of drug-likeness (QED) is 0.818. The maximum absolute atomic E-state index is 11.8. The third-order valence-electron chi connectivity index (χ3n) is 2.96. The summed E-state index contributed by atoms with van der Waals surface area (Å²) in [6.45, 7) is -0.0142. The number of ether oxygens (including phenoxy) is 1. The molecule has 0 heterocycles. The molecular formula is C17H13BrN2O3. The number of esters is 1. The Morgan fingerprint density at radius 3 is 2.61 bits per heavy atom. The molecule has 0 aromatic heterocycles. The van der Waals surface area contributed by atoms with Gasteiger partial charge in [0.05, 0.1) is 17.2 Å². The Kier molecular flexibility index (Phi) is 5.89. The average molecular weight is 373 g/mol. The van der Waals surface area contributed by atoms with Gasteiger partial charge in [0.25, 0.3) is 5.91 Å². The number of nitrogens with zero attached hydrogens (tertiary/aromatic N) is 1. The molecule has 0 radical (unpaired) electrons. The van der Waals surface area contributed by atoms with Crippen LogP contribution in [0.25, 0.3) is 0 Å². The SMILES string of the molecule is N#Cc1cccc(C(=O)OCC(=O)NCc2ccc(Br)cc2)c1. The van der Waals surface area contributed by atoms with Crippen molar-refractivity contribution in [1.82, 2.24) is 5.32 Å². The van der Waals surface area contributed by atoms with Gasteiger partial charge in [0.15, 0.2) is 6.61 Å². The van der Waals surface area contributed by atoms with E-state index in [1.807, 2.05) is 30.3 Å². The summed E-state index contributed by atoms with van der Waals surface area (Å²) in [5.74, 6) is -1.03. The van der Waals surface area contributed by atoms with Gasteiger partial charge in [-0.2, -0.15) is 5.26 Å². The number of nitrogens with one attached hydrogen (secondary N) is 1. The number of rotatable bonds is 5. The van der Waals surface area contributed by atoms with Crippen molar-refractivity contribution in [3.63, 3.8) is 0 Å². The van der Waals surface area contributed by atoms with E-state index in [0.717, 1.165) is 10.0 Å². The number of carbonyl (C=O) groups excluding carboxylic acids is 2. The van der Waals surface area contributed by atoms with Crippen molar-refractivity contribution in [2.75, 3.05) is 6.61 Å². The molecule has 0 saturated carbocycles. The van der Waals surface area contributed by atoms with Gasteiger partial charge in [-0.25, -0.2) is 4.79 Å². The maximum atomic E-state index is 11.8. The van der Waals surface area contributed by atoms with Crippen LogP contribution in [-0.2, 0) is 16.1 Å². The van der Waals surface area contributed by atoms with Crippen molar-refractivity contribution in [3.8, 4) is 6.07 Å². The molecule has 0 atom stereocenters. The lowest BCUT2D eigenvalue weighted by Crippen LogP contribution is -2.28. The summed E-state index contributed by atoms with van der Waals surface area (Å²) in [7, 11) is 0. The van der Waals surface area contributed by atoms with Crippen LogP contribution in [0.2, 0.25) is 0 Å². The average Bonchev–Trinajstić information content (AvgIpc) is 2.59. The Morgan fingerprint density at radius 2 is 1.91 bits per heavy atom. The second-order valence-electron chi connectivity index (χ2n) is 4.67. The summed E-state index contributed by atoms with van der Waals surface area (Å²) in [6, 6.07) is 15.6. The lowest BCUT2D eigenvalue weighted by Gasteiger charge is -2.07. The largest absolute Gasteiger partial charge is 0.452 e. The number of carbonyl (C=O) groups is 2. The van der Waals surface area contributed by atoms with Crippen LogP contribution in [0.5, 0.6) is 0 Å². The molecule has 116 valence electrons. The highest BCUT2D eigenvalue weighted by atomic mass is 79.9.